The fourth-order valence-electron chi connectivity index (χ4n) is 12.0. The largest absolute Gasteiger partial charge is 0.417 e. The van der Waals surface area contributed by atoms with Crippen molar-refractivity contribution in [2.24, 2.45) is 0 Å². The molecule has 2 aromatic heterocycles. The lowest BCUT2D eigenvalue weighted by Gasteiger charge is -2.21. The second-order valence-electron chi connectivity index (χ2n) is 22.0. The van der Waals surface area contributed by atoms with Gasteiger partial charge in [0.1, 0.15) is 6.07 Å². The monoisotopic (exact) mass is 1210 g/mol. The number of rotatable bonds is 7. The molecule has 0 fully saturated rings. The Kier molecular flexibility index (Phi) is 13.8. The van der Waals surface area contributed by atoms with Crippen LogP contribution in [-0.4, -0.2) is 9.13 Å². The molecule has 0 aliphatic carbocycles. The highest BCUT2D eigenvalue weighted by Crippen LogP contribution is 2.48. The van der Waals surface area contributed by atoms with E-state index >= 15 is 13.2 Å². The van der Waals surface area contributed by atoms with Crippen molar-refractivity contribution < 1.29 is 65.9 Å². The molecule has 0 atom stereocenters. The summed E-state index contributed by atoms with van der Waals surface area (Å²) >= 11 is 0. The standard InChI is InChI=1S/C70H42F15N3/c1-36-17-37(2)19-44(18-36)40-9-15-62-56(28-40)57-30-42(46-21-39(4)23-50(25-46)67(74,75)76)11-16-63(57)88(62)65-32-48(35-86)64(34-58(65)53-7-5-6-8-59(53)70(83,84)85)87-60-13-10-41(45-20-38(3)22-49(24-45)66(71,72)73)29-54(60)55-31-43(12-14-61(55)87)47-26-51(68(77,78)79)33-52(27-47)69(80,81)82/h5-34H,1-4H3. The molecule has 0 radical (unpaired) electrons. The van der Waals surface area contributed by atoms with Crippen LogP contribution in [-0.2, 0) is 30.9 Å². The third kappa shape index (κ3) is 10.7. The molecule has 0 N–H and O–H groups in total. The van der Waals surface area contributed by atoms with Crippen molar-refractivity contribution in [2.45, 2.75) is 58.6 Å². The summed E-state index contributed by atoms with van der Waals surface area (Å²) in [6, 6.07) is 42.2. The number of fused-ring (bicyclic) bond motifs is 6. The molecule has 0 spiro atoms. The third-order valence-corrected chi connectivity index (χ3v) is 15.7. The fraction of sp³-hybridized carbons (Fsp3) is 0.129. The summed E-state index contributed by atoms with van der Waals surface area (Å²) in [4.78, 5) is 0. The van der Waals surface area contributed by atoms with Crippen LogP contribution in [0.15, 0.2) is 182 Å². The average Bonchev–Trinajstić information content (AvgIpc) is 1.77. The first-order valence-corrected chi connectivity index (χ1v) is 27.0. The molecule has 0 amide bonds. The van der Waals surface area contributed by atoms with E-state index < -0.39 is 64.3 Å². The first kappa shape index (κ1) is 58.6. The minimum Gasteiger partial charge on any atom is -0.309 e. The molecule has 0 saturated heterocycles. The van der Waals surface area contributed by atoms with Gasteiger partial charge in [-0.25, -0.2) is 0 Å². The second kappa shape index (κ2) is 20.7. The highest BCUT2D eigenvalue weighted by atomic mass is 19.4. The van der Waals surface area contributed by atoms with Crippen LogP contribution < -0.4 is 0 Å². The predicted molar refractivity (Wildman–Crippen MR) is 311 cm³/mol. The van der Waals surface area contributed by atoms with Crippen molar-refractivity contribution in [1.82, 2.24) is 9.13 Å². The van der Waals surface area contributed by atoms with Crippen LogP contribution in [0.2, 0.25) is 0 Å². The van der Waals surface area contributed by atoms with Gasteiger partial charge in [0.25, 0.3) is 0 Å². The summed E-state index contributed by atoms with van der Waals surface area (Å²) in [6.45, 7) is 6.82. The number of hydrogen-bond donors (Lipinski definition) is 0. The molecule has 0 saturated carbocycles. The van der Waals surface area contributed by atoms with E-state index in [1.807, 2.05) is 44.2 Å². The molecule has 2 heterocycles. The number of aryl methyl sites for hydroxylation is 4. The van der Waals surface area contributed by atoms with Gasteiger partial charge >= 0.3 is 30.9 Å². The Morgan fingerprint density at radius 1 is 0.295 bits per heavy atom. The molecule has 0 unspecified atom stereocenters. The minimum atomic E-state index is -5.23. The highest BCUT2D eigenvalue weighted by molar-refractivity contribution is 6.14. The van der Waals surface area contributed by atoms with E-state index in [4.69, 9.17) is 0 Å². The molecule has 442 valence electrons. The van der Waals surface area contributed by atoms with Crippen molar-refractivity contribution in [1.29, 1.82) is 5.26 Å². The number of nitriles is 1. The van der Waals surface area contributed by atoms with Crippen LogP contribution in [0.25, 0.3) is 111 Å². The van der Waals surface area contributed by atoms with E-state index in [2.05, 4.69) is 6.07 Å². The summed E-state index contributed by atoms with van der Waals surface area (Å²) in [5.74, 6) is 0. The van der Waals surface area contributed by atoms with Gasteiger partial charge in [0, 0.05) is 27.1 Å². The lowest BCUT2D eigenvalue weighted by atomic mass is 9.95. The van der Waals surface area contributed by atoms with Crippen molar-refractivity contribution in [3.63, 3.8) is 0 Å². The van der Waals surface area contributed by atoms with Crippen molar-refractivity contribution >= 4 is 43.6 Å². The van der Waals surface area contributed by atoms with Gasteiger partial charge in [-0.05, 0) is 198 Å². The third-order valence-electron chi connectivity index (χ3n) is 15.7. The zero-order chi connectivity index (χ0) is 62.9. The van der Waals surface area contributed by atoms with Gasteiger partial charge in [-0.15, -0.1) is 0 Å². The lowest BCUT2D eigenvalue weighted by molar-refractivity contribution is -0.143. The van der Waals surface area contributed by atoms with Crippen LogP contribution in [0, 0.1) is 39.0 Å². The molecule has 18 heteroatoms. The molecule has 0 bridgehead atoms. The van der Waals surface area contributed by atoms with Gasteiger partial charge in [-0.3, -0.25) is 0 Å². The second-order valence-corrected chi connectivity index (χ2v) is 22.0. The van der Waals surface area contributed by atoms with Crippen LogP contribution in [0.4, 0.5) is 65.9 Å². The van der Waals surface area contributed by atoms with Gasteiger partial charge in [0.2, 0.25) is 0 Å². The fourth-order valence-corrected chi connectivity index (χ4v) is 12.0. The van der Waals surface area contributed by atoms with E-state index in [1.54, 1.807) is 34.9 Å². The maximum absolute atomic E-state index is 15.6. The summed E-state index contributed by atoms with van der Waals surface area (Å²) in [6.07, 6.45) is -24.9. The number of hydrogen-bond acceptors (Lipinski definition) is 1. The zero-order valence-electron chi connectivity index (χ0n) is 46.3. The lowest BCUT2D eigenvalue weighted by Crippen LogP contribution is -2.11. The number of halogens is 15. The molecule has 10 aromatic carbocycles. The Labute approximate surface area is 491 Å². The van der Waals surface area contributed by atoms with E-state index in [9.17, 15) is 57.9 Å². The number of nitrogens with zero attached hydrogens (tertiary/aromatic N) is 3. The van der Waals surface area contributed by atoms with Gasteiger partial charge in [0.15, 0.2) is 0 Å². The van der Waals surface area contributed by atoms with Crippen LogP contribution in [0.5, 0.6) is 0 Å². The molecule has 3 nitrogen and oxygen atoms in total. The van der Waals surface area contributed by atoms with Crippen molar-refractivity contribution in [2.75, 3.05) is 0 Å². The van der Waals surface area contributed by atoms with E-state index in [0.29, 0.717) is 45.1 Å². The van der Waals surface area contributed by atoms with E-state index in [1.165, 1.54) is 91.2 Å². The summed E-state index contributed by atoms with van der Waals surface area (Å²) < 4.78 is 222. The summed E-state index contributed by atoms with van der Waals surface area (Å²) in [5, 5.41) is 12.7. The molecular formula is C70H42F15N3. The molecule has 0 aliphatic heterocycles. The van der Waals surface area contributed by atoms with Crippen LogP contribution in [0.3, 0.4) is 0 Å². The maximum Gasteiger partial charge on any atom is 0.417 e. The predicted octanol–water partition coefficient (Wildman–Crippen LogP) is 22.4. The van der Waals surface area contributed by atoms with Crippen molar-refractivity contribution in [3.8, 4) is 73.1 Å². The molecule has 0 aliphatic rings. The maximum atomic E-state index is 15.6. The Bertz CT molecular complexity index is 4850. The molecule has 12 aromatic rings. The SMILES string of the molecule is Cc1cc(C)cc(-c2ccc3c(c2)c2cc(-c4cc(C)cc(C(F)(F)F)c4)ccc2n3-c2cc(C#N)c(-n3c4ccc(-c5cc(C)cc(C(F)(F)F)c5)cc4c4cc(-c5cc(C(F)(F)F)cc(C(F)(F)F)c5)ccc43)cc2-c2ccccc2C(F)(F)F)c1. The number of alkyl halides is 15. The minimum absolute atomic E-state index is 0.0274. The average molecular weight is 1210 g/mol. The van der Waals surface area contributed by atoms with Crippen molar-refractivity contribution in [3.05, 3.63) is 238 Å². The Hall–Kier alpha value is -9.76. The number of benzene rings is 10. The molecular weight excluding hydrogens is 1170 g/mol. The normalized spacial score (nSPS) is 12.7. The smallest absolute Gasteiger partial charge is 0.309 e. The Morgan fingerprint density at radius 3 is 0.989 bits per heavy atom. The molecule has 12 rings (SSSR count). The van der Waals surface area contributed by atoms with Crippen LogP contribution >= 0.6 is 0 Å². The van der Waals surface area contributed by atoms with Gasteiger partial charge in [-0.1, -0.05) is 83.9 Å². The number of aromatic nitrogens is 2. The Balaban J connectivity index is 1.18. The Morgan fingerprint density at radius 2 is 0.625 bits per heavy atom. The topological polar surface area (TPSA) is 33.6 Å². The highest BCUT2D eigenvalue weighted by Gasteiger charge is 2.39. The van der Waals surface area contributed by atoms with Crippen LogP contribution in [0.1, 0.15) is 55.6 Å². The summed E-state index contributed by atoms with van der Waals surface area (Å²) in [5.41, 5.74) is -1.58. The van der Waals surface area contributed by atoms with E-state index in [-0.39, 0.29) is 83.8 Å². The van der Waals surface area contributed by atoms with Gasteiger partial charge < -0.3 is 9.13 Å². The van der Waals surface area contributed by atoms with E-state index in [0.717, 1.165) is 52.6 Å². The van der Waals surface area contributed by atoms with Gasteiger partial charge in [0.05, 0.1) is 66.8 Å². The molecule has 88 heavy (non-hydrogen) atoms. The first-order valence-electron chi connectivity index (χ1n) is 27.0. The van der Waals surface area contributed by atoms with Gasteiger partial charge in [-0.2, -0.15) is 71.1 Å². The quantitative estimate of drug-likeness (QED) is 0.146. The first-order chi connectivity index (χ1) is 41.3. The summed E-state index contributed by atoms with van der Waals surface area (Å²) in [7, 11) is 0. The zero-order valence-corrected chi connectivity index (χ0v) is 46.3.